The number of nitrogens with zero attached hydrogens (tertiary/aromatic N) is 1. The normalized spacial score (nSPS) is 15.2. The van der Waals surface area contributed by atoms with Crippen LogP contribution in [0.2, 0.25) is 0 Å². The number of phosphoric ester groups is 1. The van der Waals surface area contributed by atoms with Gasteiger partial charge in [-0.1, -0.05) is 22.4 Å². The zero-order valence-corrected chi connectivity index (χ0v) is 15.7. The van der Waals surface area contributed by atoms with E-state index in [0.29, 0.717) is 11.0 Å². The molecule has 0 heterocycles. The van der Waals surface area contributed by atoms with Gasteiger partial charge in [0, 0.05) is 0 Å². The summed E-state index contributed by atoms with van der Waals surface area (Å²) in [6.07, 6.45) is 0. The molecular weight excluding hydrogens is 330 g/mol. The molecule has 0 aliphatic heterocycles. The van der Waals surface area contributed by atoms with Crippen molar-refractivity contribution in [3.05, 3.63) is 0 Å². The lowest BCUT2D eigenvalue weighted by Crippen LogP contribution is -2.37. The van der Waals surface area contributed by atoms with E-state index in [2.05, 4.69) is 0 Å². The Morgan fingerprint density at radius 3 is 2.27 bits per heavy atom. The van der Waals surface area contributed by atoms with Gasteiger partial charge in [-0.15, -0.1) is 0 Å². The van der Waals surface area contributed by atoms with E-state index >= 15 is 0 Å². The van der Waals surface area contributed by atoms with E-state index < -0.39 is 13.8 Å². The van der Waals surface area contributed by atoms with Crippen molar-refractivity contribution in [3.8, 4) is 0 Å². The molecule has 0 fully saturated rings. The number of carbonyl (C=O) groups is 1. The predicted molar refractivity (Wildman–Crippen MR) is 86.8 cm³/mol. The van der Waals surface area contributed by atoms with Crippen molar-refractivity contribution in [2.24, 2.45) is 0 Å². The van der Waals surface area contributed by atoms with Gasteiger partial charge in [-0.25, -0.2) is 9.36 Å². The van der Waals surface area contributed by atoms with Crippen molar-refractivity contribution >= 4 is 27.8 Å². The third-order valence-electron chi connectivity index (χ3n) is 2.22. The molecule has 0 saturated heterocycles. The summed E-state index contributed by atoms with van der Waals surface area (Å²) in [6.45, 7) is 3.97. The molecule has 0 spiro atoms. The summed E-state index contributed by atoms with van der Waals surface area (Å²) in [5.74, 6) is -0.727. The number of likely N-dealkylation sites (N-methyl/N-ethyl adjacent to an activating group) is 1. The number of hydrogen-bond donors (Lipinski definition) is 2. The van der Waals surface area contributed by atoms with Crippen molar-refractivity contribution in [3.63, 3.8) is 0 Å². The Morgan fingerprint density at radius 2 is 1.77 bits per heavy atom. The molecule has 0 aromatic heterocycles. The SMILES string of the molecule is CC(C)PC(=N)C(=O)OCCOP(=O)(O)OCC[N+](C)(C)C. The lowest BCUT2D eigenvalue weighted by molar-refractivity contribution is -0.870. The van der Waals surface area contributed by atoms with Crippen LogP contribution in [0.4, 0.5) is 0 Å². The van der Waals surface area contributed by atoms with Gasteiger partial charge in [0.05, 0.1) is 27.7 Å². The molecule has 0 amide bonds. The summed E-state index contributed by atoms with van der Waals surface area (Å²) in [5, 5.41) is 7.50. The topological polar surface area (TPSA) is 106 Å². The van der Waals surface area contributed by atoms with Crippen LogP contribution in [0, 0.1) is 5.41 Å². The monoisotopic (exact) mass is 357 g/mol. The second kappa shape index (κ2) is 9.71. The van der Waals surface area contributed by atoms with Gasteiger partial charge >= 0.3 is 13.8 Å². The van der Waals surface area contributed by atoms with E-state index in [4.69, 9.17) is 19.2 Å². The highest BCUT2D eigenvalue weighted by Crippen LogP contribution is 2.42. The van der Waals surface area contributed by atoms with Gasteiger partial charge in [-0.05, 0) is 5.66 Å². The lowest BCUT2D eigenvalue weighted by atomic mass is 10.5. The molecule has 2 N–H and O–H groups in total. The van der Waals surface area contributed by atoms with E-state index in [0.717, 1.165) is 0 Å². The fraction of sp³-hybridized carbons (Fsp3) is 0.833. The number of nitrogens with one attached hydrogen (secondary N) is 1. The number of quaternary nitrogens is 1. The number of hydrogen-bond acceptors (Lipinski definition) is 6. The van der Waals surface area contributed by atoms with Crippen LogP contribution < -0.4 is 0 Å². The lowest BCUT2D eigenvalue weighted by Gasteiger charge is -2.24. The second-order valence-corrected chi connectivity index (χ2v) is 9.36. The summed E-state index contributed by atoms with van der Waals surface area (Å²) >= 11 is 0. The van der Waals surface area contributed by atoms with E-state index in [1.54, 1.807) is 0 Å². The van der Waals surface area contributed by atoms with Gasteiger partial charge in [-0.3, -0.25) is 14.5 Å². The van der Waals surface area contributed by atoms with E-state index in [1.807, 2.05) is 35.0 Å². The molecule has 0 aromatic carbocycles. The first-order valence-corrected chi connectivity index (χ1v) is 9.45. The maximum absolute atomic E-state index is 11.5. The van der Waals surface area contributed by atoms with Crippen LogP contribution >= 0.6 is 16.4 Å². The number of rotatable bonds is 11. The maximum Gasteiger partial charge on any atom is 0.472 e. The average Bonchev–Trinajstić information content (AvgIpc) is 2.31. The molecule has 0 aliphatic rings. The van der Waals surface area contributed by atoms with Crippen LogP contribution in [-0.4, -0.2) is 74.0 Å². The highest BCUT2D eigenvalue weighted by Gasteiger charge is 2.22. The van der Waals surface area contributed by atoms with Crippen LogP contribution in [0.15, 0.2) is 0 Å². The number of carbonyl (C=O) groups excluding carboxylic acids is 1. The fourth-order valence-electron chi connectivity index (χ4n) is 1.17. The predicted octanol–water partition coefficient (Wildman–Crippen LogP) is 1.43. The minimum Gasteiger partial charge on any atom is -0.458 e. The van der Waals surface area contributed by atoms with Crippen molar-refractivity contribution in [2.75, 3.05) is 47.5 Å². The van der Waals surface area contributed by atoms with Crippen molar-refractivity contribution in [1.82, 2.24) is 0 Å². The summed E-state index contributed by atoms with van der Waals surface area (Å²) in [7, 11) is 1.73. The zero-order chi connectivity index (χ0) is 17.4. The Kier molecular flexibility index (Phi) is 9.55. The molecule has 0 radical (unpaired) electrons. The number of esters is 1. The van der Waals surface area contributed by atoms with Crippen LogP contribution in [0.25, 0.3) is 0 Å². The maximum atomic E-state index is 11.5. The molecule has 0 aliphatic carbocycles. The zero-order valence-electron chi connectivity index (χ0n) is 13.8. The first-order valence-electron chi connectivity index (χ1n) is 6.87. The first-order chi connectivity index (χ1) is 9.93. The molecule has 22 heavy (non-hydrogen) atoms. The van der Waals surface area contributed by atoms with Gasteiger partial charge in [-0.2, -0.15) is 0 Å². The molecule has 8 nitrogen and oxygen atoms in total. The molecule has 130 valence electrons. The Bertz CT molecular complexity index is 422. The van der Waals surface area contributed by atoms with Gasteiger partial charge in [0.25, 0.3) is 0 Å². The molecule has 0 bridgehead atoms. The van der Waals surface area contributed by atoms with Gasteiger partial charge in [0.2, 0.25) is 0 Å². The minimum absolute atomic E-state index is 0.0754. The van der Waals surface area contributed by atoms with E-state index in [-0.39, 0.29) is 39.5 Å². The number of ether oxygens (including phenoxy) is 1. The molecule has 0 rings (SSSR count). The summed E-state index contributed by atoms with van der Waals surface area (Å²) in [4.78, 5) is 20.9. The van der Waals surface area contributed by atoms with Crippen molar-refractivity contribution < 1.29 is 32.5 Å². The van der Waals surface area contributed by atoms with Crippen LogP contribution in [0.3, 0.4) is 0 Å². The Labute approximate surface area is 133 Å². The highest BCUT2D eigenvalue weighted by molar-refractivity contribution is 7.62. The van der Waals surface area contributed by atoms with Crippen LogP contribution in [-0.2, 0) is 23.1 Å². The smallest absolute Gasteiger partial charge is 0.458 e. The number of phosphoric acid groups is 1. The molecule has 10 heteroatoms. The standard InChI is InChI=1S/C12H26N2O6P2/c1-10(2)21-11(13)12(15)18-8-9-20-22(16,17)19-7-6-14(3,4)5/h10,13,21H,6-9H2,1-5H3/p+1. The average molecular weight is 357 g/mol. The first kappa shape index (κ1) is 21.6. The van der Waals surface area contributed by atoms with Gasteiger partial charge in [0.15, 0.2) is 0 Å². The fourth-order valence-corrected chi connectivity index (χ4v) is 2.63. The van der Waals surface area contributed by atoms with Crippen LogP contribution in [0.1, 0.15) is 13.8 Å². The summed E-state index contributed by atoms with van der Waals surface area (Å²) in [6, 6.07) is 0. The quantitative estimate of drug-likeness (QED) is 0.191. The van der Waals surface area contributed by atoms with Gasteiger partial charge in [0.1, 0.15) is 25.2 Å². The third kappa shape index (κ3) is 12.2. The Morgan fingerprint density at radius 1 is 1.23 bits per heavy atom. The largest absolute Gasteiger partial charge is 0.472 e. The van der Waals surface area contributed by atoms with Crippen molar-refractivity contribution in [2.45, 2.75) is 19.5 Å². The second-order valence-electron chi connectivity index (χ2n) is 5.96. The van der Waals surface area contributed by atoms with Gasteiger partial charge < -0.3 is 14.1 Å². The molecule has 2 atom stereocenters. The molecular formula is C12H27N2O6P2+. The Balaban J connectivity index is 3.92. The molecule has 2 unspecified atom stereocenters. The van der Waals surface area contributed by atoms with E-state index in [9.17, 15) is 14.3 Å². The minimum atomic E-state index is -4.14. The van der Waals surface area contributed by atoms with Crippen molar-refractivity contribution in [1.29, 1.82) is 5.41 Å². The Hall–Kier alpha value is -0.360. The van der Waals surface area contributed by atoms with E-state index in [1.165, 1.54) is 0 Å². The summed E-state index contributed by atoms with van der Waals surface area (Å²) < 4.78 is 26.4. The summed E-state index contributed by atoms with van der Waals surface area (Å²) in [5.41, 5.74) is 0.116. The molecule has 0 saturated carbocycles. The van der Waals surface area contributed by atoms with Crippen LogP contribution in [0.5, 0.6) is 0 Å². The third-order valence-corrected chi connectivity index (χ3v) is 4.31. The molecule has 0 aromatic rings. The highest BCUT2D eigenvalue weighted by atomic mass is 31.2.